The molecule has 0 saturated heterocycles. The fourth-order valence-electron chi connectivity index (χ4n) is 0.997. The van der Waals surface area contributed by atoms with Crippen molar-refractivity contribution in [2.24, 2.45) is 0 Å². The molecule has 0 radical (unpaired) electrons. The Morgan fingerprint density at radius 1 is 1.31 bits per heavy atom. The van der Waals surface area contributed by atoms with E-state index in [1.807, 2.05) is 6.08 Å². The second-order valence-corrected chi connectivity index (χ2v) is 3.16. The standard InChI is InChI=1S/C10H17ClO2/c1-10(12)13-9-7-5-3-2-4-6-8-11/h6,8H,2-5,7,9H2,1H3/b8-6+. The van der Waals surface area contributed by atoms with Crippen LogP contribution in [0.1, 0.15) is 39.0 Å². The average molecular weight is 205 g/mol. The van der Waals surface area contributed by atoms with Gasteiger partial charge >= 0.3 is 5.97 Å². The molecule has 0 heterocycles. The highest BCUT2D eigenvalue weighted by molar-refractivity contribution is 6.25. The number of allylic oxidation sites excluding steroid dienone is 1. The van der Waals surface area contributed by atoms with Crippen molar-refractivity contribution < 1.29 is 9.53 Å². The summed E-state index contributed by atoms with van der Waals surface area (Å²) in [5.41, 5.74) is 1.55. The number of halogens is 1. The van der Waals surface area contributed by atoms with E-state index in [2.05, 4.69) is 0 Å². The van der Waals surface area contributed by atoms with Crippen molar-refractivity contribution in [2.75, 3.05) is 6.61 Å². The molecule has 0 unspecified atom stereocenters. The average Bonchev–Trinajstić information content (AvgIpc) is 2.09. The maximum absolute atomic E-state index is 10.4. The molecule has 13 heavy (non-hydrogen) atoms. The maximum Gasteiger partial charge on any atom is 0.302 e. The number of hydrogen-bond donors (Lipinski definition) is 0. The molecule has 0 aliphatic heterocycles. The van der Waals surface area contributed by atoms with Crippen molar-refractivity contribution in [1.82, 2.24) is 0 Å². The first-order valence-corrected chi connectivity index (χ1v) is 5.09. The van der Waals surface area contributed by atoms with Gasteiger partial charge in [0.1, 0.15) is 0 Å². The number of unbranched alkanes of at least 4 members (excludes halogenated alkanes) is 4. The normalized spacial score (nSPS) is 10.6. The number of carbonyl (C=O) groups excluding carboxylic acids is 1. The first kappa shape index (κ1) is 12.5. The molecule has 0 aliphatic rings. The first-order valence-electron chi connectivity index (χ1n) is 4.66. The van der Waals surface area contributed by atoms with Gasteiger partial charge in [-0.05, 0) is 19.3 Å². The molecule has 0 saturated carbocycles. The Bertz CT molecular complexity index is 155. The Kier molecular flexibility index (Phi) is 9.22. The van der Waals surface area contributed by atoms with E-state index in [1.54, 1.807) is 5.54 Å². The molecule has 0 spiro atoms. The van der Waals surface area contributed by atoms with Crippen molar-refractivity contribution in [3.05, 3.63) is 11.6 Å². The minimum absolute atomic E-state index is 0.190. The summed E-state index contributed by atoms with van der Waals surface area (Å²) in [5, 5.41) is 0. The summed E-state index contributed by atoms with van der Waals surface area (Å²) >= 11 is 5.36. The molecular weight excluding hydrogens is 188 g/mol. The molecule has 0 aromatic rings. The predicted octanol–water partition coefficient (Wildman–Crippen LogP) is 3.25. The molecule has 0 bridgehead atoms. The zero-order chi connectivity index (χ0) is 9.94. The second-order valence-electron chi connectivity index (χ2n) is 2.90. The topological polar surface area (TPSA) is 26.3 Å². The quantitative estimate of drug-likeness (QED) is 0.470. The van der Waals surface area contributed by atoms with Crippen LogP contribution >= 0.6 is 11.6 Å². The van der Waals surface area contributed by atoms with Crippen LogP contribution in [-0.4, -0.2) is 12.6 Å². The lowest BCUT2D eigenvalue weighted by atomic mass is 10.1. The highest BCUT2D eigenvalue weighted by Crippen LogP contribution is 2.04. The molecule has 0 rings (SSSR count). The fraction of sp³-hybridized carbons (Fsp3) is 0.700. The minimum Gasteiger partial charge on any atom is -0.466 e. The van der Waals surface area contributed by atoms with Gasteiger partial charge in [-0.2, -0.15) is 0 Å². The zero-order valence-electron chi connectivity index (χ0n) is 8.09. The van der Waals surface area contributed by atoms with Crippen LogP contribution in [0.5, 0.6) is 0 Å². The van der Waals surface area contributed by atoms with E-state index in [0.717, 1.165) is 25.7 Å². The van der Waals surface area contributed by atoms with Crippen LogP contribution in [0.2, 0.25) is 0 Å². The first-order chi connectivity index (χ1) is 6.27. The monoisotopic (exact) mass is 204 g/mol. The number of carbonyl (C=O) groups is 1. The van der Waals surface area contributed by atoms with Gasteiger partial charge in [-0.25, -0.2) is 0 Å². The van der Waals surface area contributed by atoms with Gasteiger partial charge in [-0.3, -0.25) is 4.79 Å². The molecule has 0 aliphatic carbocycles. The number of hydrogen-bond acceptors (Lipinski definition) is 2. The van der Waals surface area contributed by atoms with E-state index >= 15 is 0 Å². The molecule has 0 aromatic heterocycles. The van der Waals surface area contributed by atoms with Crippen LogP contribution in [0.4, 0.5) is 0 Å². The number of esters is 1. The highest BCUT2D eigenvalue weighted by atomic mass is 35.5. The van der Waals surface area contributed by atoms with Crippen LogP contribution in [0.15, 0.2) is 11.6 Å². The lowest BCUT2D eigenvalue weighted by molar-refractivity contribution is -0.141. The summed E-state index contributed by atoms with van der Waals surface area (Å²) in [6.45, 7) is 1.99. The van der Waals surface area contributed by atoms with Crippen molar-refractivity contribution >= 4 is 17.6 Å². The molecule has 76 valence electrons. The molecular formula is C10H17ClO2. The summed E-state index contributed by atoms with van der Waals surface area (Å²) < 4.78 is 4.80. The van der Waals surface area contributed by atoms with Gasteiger partial charge < -0.3 is 4.74 Å². The van der Waals surface area contributed by atoms with Gasteiger partial charge in [0.25, 0.3) is 0 Å². The third kappa shape index (κ3) is 11.5. The van der Waals surface area contributed by atoms with Crippen LogP contribution in [-0.2, 0) is 9.53 Å². The molecule has 0 atom stereocenters. The molecule has 0 N–H and O–H groups in total. The summed E-state index contributed by atoms with van der Waals surface area (Å²) in [6, 6.07) is 0. The number of ether oxygens (including phenoxy) is 1. The fourth-order valence-corrected chi connectivity index (χ4v) is 1.12. The van der Waals surface area contributed by atoms with Gasteiger partial charge in [0.15, 0.2) is 0 Å². The molecule has 2 nitrogen and oxygen atoms in total. The van der Waals surface area contributed by atoms with E-state index in [4.69, 9.17) is 16.3 Å². The van der Waals surface area contributed by atoms with E-state index in [0.29, 0.717) is 6.61 Å². The number of rotatable bonds is 7. The maximum atomic E-state index is 10.4. The zero-order valence-corrected chi connectivity index (χ0v) is 8.85. The summed E-state index contributed by atoms with van der Waals surface area (Å²) in [7, 11) is 0. The van der Waals surface area contributed by atoms with E-state index < -0.39 is 0 Å². The Balaban J connectivity index is 2.95. The van der Waals surface area contributed by atoms with E-state index in [9.17, 15) is 4.79 Å². The van der Waals surface area contributed by atoms with Crippen molar-refractivity contribution in [2.45, 2.75) is 39.0 Å². The molecule has 0 fully saturated rings. The lowest BCUT2D eigenvalue weighted by Gasteiger charge is -2.00. The molecule has 0 aromatic carbocycles. The van der Waals surface area contributed by atoms with Crippen molar-refractivity contribution in [3.8, 4) is 0 Å². The SMILES string of the molecule is CC(=O)OCCCCCC/C=C/Cl. The van der Waals surface area contributed by atoms with Gasteiger partial charge in [-0.15, -0.1) is 0 Å². The second kappa shape index (κ2) is 9.59. The van der Waals surface area contributed by atoms with Crippen LogP contribution in [0, 0.1) is 0 Å². The largest absolute Gasteiger partial charge is 0.466 e. The third-order valence-corrected chi connectivity index (χ3v) is 1.84. The highest BCUT2D eigenvalue weighted by Gasteiger charge is 1.92. The van der Waals surface area contributed by atoms with Gasteiger partial charge in [0.2, 0.25) is 0 Å². The summed E-state index contributed by atoms with van der Waals surface area (Å²) in [6.07, 6.45) is 7.39. The van der Waals surface area contributed by atoms with Crippen LogP contribution in [0.25, 0.3) is 0 Å². The molecule has 0 amide bonds. The van der Waals surface area contributed by atoms with Gasteiger partial charge in [-0.1, -0.05) is 30.5 Å². The van der Waals surface area contributed by atoms with Crippen LogP contribution < -0.4 is 0 Å². The minimum atomic E-state index is -0.190. The van der Waals surface area contributed by atoms with Crippen LogP contribution in [0.3, 0.4) is 0 Å². The Morgan fingerprint density at radius 2 is 2.00 bits per heavy atom. The Hall–Kier alpha value is -0.500. The summed E-state index contributed by atoms with van der Waals surface area (Å²) in [4.78, 5) is 10.4. The smallest absolute Gasteiger partial charge is 0.302 e. The van der Waals surface area contributed by atoms with E-state index in [1.165, 1.54) is 13.3 Å². The predicted molar refractivity (Wildman–Crippen MR) is 54.7 cm³/mol. The Labute approximate surface area is 84.9 Å². The Morgan fingerprint density at radius 3 is 2.62 bits per heavy atom. The molecule has 3 heteroatoms. The van der Waals surface area contributed by atoms with Gasteiger partial charge in [0, 0.05) is 12.5 Å². The lowest BCUT2D eigenvalue weighted by Crippen LogP contribution is -1.99. The van der Waals surface area contributed by atoms with Gasteiger partial charge in [0.05, 0.1) is 6.61 Å². The summed E-state index contributed by atoms with van der Waals surface area (Å²) in [5.74, 6) is -0.190. The third-order valence-electron chi connectivity index (χ3n) is 1.66. The van der Waals surface area contributed by atoms with E-state index in [-0.39, 0.29) is 5.97 Å². The van der Waals surface area contributed by atoms with Crippen molar-refractivity contribution in [1.29, 1.82) is 0 Å². The van der Waals surface area contributed by atoms with Crippen molar-refractivity contribution in [3.63, 3.8) is 0 Å².